The maximum absolute atomic E-state index is 10.8. The number of rotatable bonds is 2. The number of aromatic amines is 1. The molecule has 0 unspecified atom stereocenters. The van der Waals surface area contributed by atoms with Gasteiger partial charge in [-0.15, -0.1) is 0 Å². The van der Waals surface area contributed by atoms with Gasteiger partial charge in [0, 0.05) is 29.7 Å². The number of hydrogen-bond acceptors (Lipinski definition) is 2. The standard InChI is InChI=1S/C14H13N3O2/c1-8-7-17(2)13-4-3-9(5-10(8)13)11-6-12(14(18)19)16-15-11/h3-7H,1-2H3,(H,15,16)(H,18,19). The zero-order chi connectivity index (χ0) is 13.6. The predicted octanol–water partition coefficient (Wildman–Crippen LogP) is 2.58. The van der Waals surface area contributed by atoms with Crippen LogP contribution in [0, 0.1) is 6.92 Å². The molecule has 0 aliphatic carbocycles. The topological polar surface area (TPSA) is 70.9 Å². The molecular weight excluding hydrogens is 242 g/mol. The van der Waals surface area contributed by atoms with E-state index in [4.69, 9.17) is 5.11 Å². The Hall–Kier alpha value is -2.56. The van der Waals surface area contributed by atoms with Crippen LogP contribution in [-0.4, -0.2) is 25.8 Å². The number of H-pyrrole nitrogens is 1. The Kier molecular flexibility index (Phi) is 2.41. The summed E-state index contributed by atoms with van der Waals surface area (Å²) < 4.78 is 2.07. The number of carboxylic acid groups (broad SMARTS) is 1. The Balaban J connectivity index is 2.14. The molecule has 19 heavy (non-hydrogen) atoms. The first-order valence-corrected chi connectivity index (χ1v) is 5.91. The number of benzene rings is 1. The van der Waals surface area contributed by atoms with Crippen LogP contribution < -0.4 is 0 Å². The van der Waals surface area contributed by atoms with Gasteiger partial charge in [-0.25, -0.2) is 4.79 Å². The normalized spacial score (nSPS) is 11.1. The summed E-state index contributed by atoms with van der Waals surface area (Å²) in [7, 11) is 2.01. The van der Waals surface area contributed by atoms with Gasteiger partial charge in [0.05, 0.1) is 5.69 Å². The van der Waals surface area contributed by atoms with Crippen LogP contribution in [0.15, 0.2) is 30.5 Å². The van der Waals surface area contributed by atoms with Crippen molar-refractivity contribution in [1.29, 1.82) is 0 Å². The average molecular weight is 255 g/mol. The minimum Gasteiger partial charge on any atom is -0.477 e. The largest absolute Gasteiger partial charge is 0.477 e. The molecule has 0 radical (unpaired) electrons. The molecule has 0 saturated carbocycles. The Morgan fingerprint density at radius 2 is 2.16 bits per heavy atom. The molecule has 0 bridgehead atoms. The van der Waals surface area contributed by atoms with Crippen molar-refractivity contribution in [2.75, 3.05) is 0 Å². The molecule has 0 saturated heterocycles. The molecule has 2 aromatic heterocycles. The van der Waals surface area contributed by atoms with E-state index in [0.29, 0.717) is 5.69 Å². The fourth-order valence-electron chi connectivity index (χ4n) is 2.33. The Morgan fingerprint density at radius 1 is 1.37 bits per heavy atom. The van der Waals surface area contributed by atoms with Gasteiger partial charge >= 0.3 is 5.97 Å². The first-order valence-electron chi connectivity index (χ1n) is 5.91. The lowest BCUT2D eigenvalue weighted by Crippen LogP contribution is -1.95. The number of carboxylic acids is 1. The molecule has 3 aromatic rings. The van der Waals surface area contributed by atoms with Crippen molar-refractivity contribution in [1.82, 2.24) is 14.8 Å². The quantitative estimate of drug-likeness (QED) is 0.739. The van der Waals surface area contributed by atoms with Gasteiger partial charge in [0.15, 0.2) is 0 Å². The third-order valence-electron chi connectivity index (χ3n) is 3.29. The summed E-state index contributed by atoms with van der Waals surface area (Å²) in [5.41, 5.74) is 3.98. The summed E-state index contributed by atoms with van der Waals surface area (Å²) in [6.45, 7) is 2.05. The SMILES string of the molecule is Cc1cn(C)c2ccc(-c3cc(C(=O)O)[nH]n3)cc12. The smallest absolute Gasteiger partial charge is 0.353 e. The molecule has 5 heteroatoms. The van der Waals surface area contributed by atoms with Crippen LogP contribution in [0.3, 0.4) is 0 Å². The van der Waals surface area contributed by atoms with E-state index in [1.165, 1.54) is 5.56 Å². The first-order chi connectivity index (χ1) is 9.06. The summed E-state index contributed by atoms with van der Waals surface area (Å²) in [5, 5.41) is 16.6. The van der Waals surface area contributed by atoms with Gasteiger partial charge in [-0.2, -0.15) is 5.10 Å². The minimum absolute atomic E-state index is 0.0971. The lowest BCUT2D eigenvalue weighted by molar-refractivity contribution is 0.0690. The van der Waals surface area contributed by atoms with Crippen LogP contribution in [0.25, 0.3) is 22.2 Å². The number of nitrogens with one attached hydrogen (secondary N) is 1. The zero-order valence-electron chi connectivity index (χ0n) is 10.6. The number of aromatic carboxylic acids is 1. The Labute approximate surface area is 109 Å². The van der Waals surface area contributed by atoms with E-state index in [-0.39, 0.29) is 5.69 Å². The molecule has 2 N–H and O–H groups in total. The number of carbonyl (C=O) groups is 1. The highest BCUT2D eigenvalue weighted by Crippen LogP contribution is 2.26. The van der Waals surface area contributed by atoms with E-state index in [1.807, 2.05) is 25.2 Å². The van der Waals surface area contributed by atoms with E-state index in [2.05, 4.69) is 27.9 Å². The number of nitrogens with zero attached hydrogens (tertiary/aromatic N) is 2. The molecule has 0 spiro atoms. The van der Waals surface area contributed by atoms with Gasteiger partial charge in [-0.3, -0.25) is 5.10 Å². The second-order valence-corrected chi connectivity index (χ2v) is 4.63. The third-order valence-corrected chi connectivity index (χ3v) is 3.29. The highest BCUT2D eigenvalue weighted by molar-refractivity contribution is 5.90. The van der Waals surface area contributed by atoms with Gasteiger partial charge in [0.25, 0.3) is 0 Å². The lowest BCUT2D eigenvalue weighted by atomic mass is 10.1. The molecule has 0 amide bonds. The van der Waals surface area contributed by atoms with Crippen molar-refractivity contribution in [2.24, 2.45) is 7.05 Å². The van der Waals surface area contributed by atoms with Crippen LogP contribution in [0.5, 0.6) is 0 Å². The first kappa shape index (κ1) is 11.5. The predicted molar refractivity (Wildman–Crippen MR) is 72.2 cm³/mol. The molecule has 0 atom stereocenters. The fourth-order valence-corrected chi connectivity index (χ4v) is 2.33. The molecule has 1 aromatic carbocycles. The number of fused-ring (bicyclic) bond motifs is 1. The monoisotopic (exact) mass is 255 g/mol. The van der Waals surface area contributed by atoms with Gasteiger partial charge in [-0.05, 0) is 30.7 Å². The molecule has 2 heterocycles. The lowest BCUT2D eigenvalue weighted by Gasteiger charge is -1.99. The minimum atomic E-state index is -1.00. The molecule has 0 fully saturated rings. The molecular formula is C14H13N3O2. The van der Waals surface area contributed by atoms with Crippen LogP contribution in [-0.2, 0) is 7.05 Å². The van der Waals surface area contributed by atoms with Gasteiger partial charge < -0.3 is 9.67 Å². The summed E-state index contributed by atoms with van der Waals surface area (Å²) >= 11 is 0. The van der Waals surface area contributed by atoms with E-state index in [1.54, 1.807) is 6.07 Å². The van der Waals surface area contributed by atoms with E-state index in [9.17, 15) is 4.79 Å². The summed E-state index contributed by atoms with van der Waals surface area (Å²) in [4.78, 5) is 10.8. The second-order valence-electron chi connectivity index (χ2n) is 4.63. The van der Waals surface area contributed by atoms with E-state index < -0.39 is 5.97 Å². The zero-order valence-corrected chi connectivity index (χ0v) is 10.6. The molecule has 3 rings (SSSR count). The van der Waals surface area contributed by atoms with Crippen LogP contribution in [0.2, 0.25) is 0 Å². The average Bonchev–Trinajstić information content (AvgIpc) is 2.96. The van der Waals surface area contributed by atoms with Crippen molar-refractivity contribution in [3.8, 4) is 11.3 Å². The van der Waals surface area contributed by atoms with Crippen molar-refractivity contribution in [3.05, 3.63) is 41.7 Å². The Morgan fingerprint density at radius 3 is 2.84 bits per heavy atom. The van der Waals surface area contributed by atoms with E-state index >= 15 is 0 Å². The summed E-state index contributed by atoms with van der Waals surface area (Å²) in [6.07, 6.45) is 2.07. The number of hydrogen-bond donors (Lipinski definition) is 2. The fraction of sp³-hybridized carbons (Fsp3) is 0.143. The highest BCUT2D eigenvalue weighted by Gasteiger charge is 2.11. The molecule has 5 nitrogen and oxygen atoms in total. The number of aryl methyl sites for hydroxylation is 2. The van der Waals surface area contributed by atoms with Crippen LogP contribution in [0.4, 0.5) is 0 Å². The number of aromatic nitrogens is 3. The van der Waals surface area contributed by atoms with Crippen molar-refractivity contribution < 1.29 is 9.90 Å². The van der Waals surface area contributed by atoms with Gasteiger partial charge in [0.2, 0.25) is 0 Å². The van der Waals surface area contributed by atoms with Crippen molar-refractivity contribution >= 4 is 16.9 Å². The highest BCUT2D eigenvalue weighted by atomic mass is 16.4. The summed E-state index contributed by atoms with van der Waals surface area (Å²) in [5.74, 6) is -1.00. The van der Waals surface area contributed by atoms with Crippen molar-refractivity contribution in [3.63, 3.8) is 0 Å². The molecule has 0 aliphatic heterocycles. The van der Waals surface area contributed by atoms with Crippen LogP contribution >= 0.6 is 0 Å². The van der Waals surface area contributed by atoms with Gasteiger partial charge in [-0.1, -0.05) is 6.07 Å². The maximum Gasteiger partial charge on any atom is 0.353 e. The van der Waals surface area contributed by atoms with Crippen molar-refractivity contribution in [2.45, 2.75) is 6.92 Å². The van der Waals surface area contributed by atoms with E-state index in [0.717, 1.165) is 16.5 Å². The van der Waals surface area contributed by atoms with Gasteiger partial charge in [0.1, 0.15) is 5.69 Å². The molecule has 0 aliphatic rings. The summed E-state index contributed by atoms with van der Waals surface area (Å²) in [6, 6.07) is 7.55. The van der Waals surface area contributed by atoms with Crippen LogP contribution in [0.1, 0.15) is 16.1 Å². The molecule has 96 valence electrons. The Bertz CT molecular complexity index is 783. The maximum atomic E-state index is 10.8. The third kappa shape index (κ3) is 1.79. The second kappa shape index (κ2) is 3.98.